The number of sulfone groups is 1. The molecule has 1 aromatic heterocycles. The Kier molecular flexibility index (Phi) is 6.55. The van der Waals surface area contributed by atoms with Gasteiger partial charge in [-0.15, -0.1) is 13.2 Å². The number of benzene rings is 1. The fraction of sp³-hybridized carbons (Fsp3) is 0.235. The van der Waals surface area contributed by atoms with Gasteiger partial charge in [0.15, 0.2) is 9.84 Å². The summed E-state index contributed by atoms with van der Waals surface area (Å²) in [5.41, 5.74) is -2.55. The lowest BCUT2D eigenvalue weighted by Crippen LogP contribution is -2.54. The van der Waals surface area contributed by atoms with Crippen LogP contribution in [-0.2, 0) is 29.5 Å². The van der Waals surface area contributed by atoms with Crippen molar-refractivity contribution in [1.82, 2.24) is 13.7 Å². The van der Waals surface area contributed by atoms with Gasteiger partial charge in [0.25, 0.3) is 0 Å². The molecule has 2 rings (SSSR count). The predicted octanol–water partition coefficient (Wildman–Crippen LogP) is 0.780. The molecule has 8 nitrogen and oxygen atoms in total. The Morgan fingerprint density at radius 2 is 1.30 bits per heavy atom. The van der Waals surface area contributed by atoms with Crippen LogP contribution >= 0.6 is 15.9 Å². The first-order valence-electron chi connectivity index (χ1n) is 7.87. The van der Waals surface area contributed by atoms with Crippen molar-refractivity contribution in [2.24, 2.45) is 0 Å². The van der Waals surface area contributed by atoms with Gasteiger partial charge in [-0.25, -0.2) is 36.5 Å². The van der Waals surface area contributed by atoms with Crippen molar-refractivity contribution in [2.45, 2.75) is 24.5 Å². The molecule has 0 fully saturated rings. The number of hydrogen-bond acceptors (Lipinski definition) is 5. The first kappa shape index (κ1) is 20.8. The lowest BCUT2D eigenvalue weighted by atomic mass is 10.4. The van der Waals surface area contributed by atoms with E-state index in [9.17, 15) is 22.8 Å². The van der Waals surface area contributed by atoms with Gasteiger partial charge < -0.3 is 0 Å². The van der Waals surface area contributed by atoms with Crippen LogP contribution in [0, 0.1) is 0 Å². The number of halogens is 1. The van der Waals surface area contributed by atoms with Crippen molar-refractivity contribution in [3.05, 3.63) is 85.5 Å². The van der Waals surface area contributed by atoms with E-state index in [2.05, 4.69) is 29.1 Å². The van der Waals surface area contributed by atoms with Crippen molar-refractivity contribution < 1.29 is 8.42 Å². The first-order valence-corrected chi connectivity index (χ1v) is 10.3. The number of rotatable bonds is 8. The third-order valence-electron chi connectivity index (χ3n) is 3.77. The number of nitrogens with zero attached hydrogens (tertiary/aromatic N) is 3. The molecule has 0 saturated carbocycles. The maximum atomic E-state index is 12.5. The van der Waals surface area contributed by atoms with E-state index in [0.29, 0.717) is 0 Å². The topological polar surface area (TPSA) is 100 Å². The molecule has 27 heavy (non-hydrogen) atoms. The van der Waals surface area contributed by atoms with E-state index in [-0.39, 0.29) is 24.5 Å². The minimum absolute atomic E-state index is 0.0737. The highest BCUT2D eigenvalue weighted by molar-refractivity contribution is 9.10. The van der Waals surface area contributed by atoms with E-state index in [0.717, 1.165) is 18.2 Å². The molecule has 2 aromatic rings. The highest BCUT2D eigenvalue weighted by atomic mass is 79.9. The highest BCUT2D eigenvalue weighted by Gasteiger charge is 2.19. The minimum atomic E-state index is -3.73. The maximum Gasteiger partial charge on any atom is 0.336 e. The molecule has 0 radical (unpaired) electrons. The summed E-state index contributed by atoms with van der Waals surface area (Å²) in [6, 6.07) is 6.02. The number of hydrogen-bond donors (Lipinski definition) is 0. The standard InChI is InChI=1S/C17H18BrN3O5S/c1-3-9-19-15(22)20(10-4-2)17(24)21(16(19)23)11-12-27(25,26)14-7-5-13(18)6-8-14/h3-8H,1-2,9-12H2. The Labute approximate surface area is 163 Å². The summed E-state index contributed by atoms with van der Waals surface area (Å²) < 4.78 is 28.1. The average molecular weight is 456 g/mol. The van der Waals surface area contributed by atoms with Crippen LogP contribution in [0.4, 0.5) is 0 Å². The smallest absolute Gasteiger partial charge is 0.247 e. The van der Waals surface area contributed by atoms with Crippen LogP contribution in [0.2, 0.25) is 0 Å². The van der Waals surface area contributed by atoms with Crippen LogP contribution in [-0.4, -0.2) is 27.9 Å². The van der Waals surface area contributed by atoms with Gasteiger partial charge in [-0.1, -0.05) is 28.1 Å². The van der Waals surface area contributed by atoms with Crippen molar-refractivity contribution in [2.75, 3.05) is 5.75 Å². The third-order valence-corrected chi connectivity index (χ3v) is 6.00. The van der Waals surface area contributed by atoms with Crippen molar-refractivity contribution in [3.63, 3.8) is 0 Å². The van der Waals surface area contributed by atoms with Gasteiger partial charge >= 0.3 is 17.1 Å². The molecule has 1 heterocycles. The lowest BCUT2D eigenvalue weighted by Gasteiger charge is -2.12. The fourth-order valence-electron chi connectivity index (χ4n) is 2.42. The van der Waals surface area contributed by atoms with Gasteiger partial charge in [-0.05, 0) is 24.3 Å². The minimum Gasteiger partial charge on any atom is -0.247 e. The Bertz CT molecular complexity index is 1090. The van der Waals surface area contributed by atoms with Crippen LogP contribution in [0.3, 0.4) is 0 Å². The molecular formula is C17H18BrN3O5S. The molecule has 144 valence electrons. The van der Waals surface area contributed by atoms with Crippen LogP contribution in [0.5, 0.6) is 0 Å². The van der Waals surface area contributed by atoms with Crippen LogP contribution in [0.25, 0.3) is 0 Å². The zero-order chi connectivity index (χ0) is 20.2. The summed E-state index contributed by atoms with van der Waals surface area (Å²) in [6.45, 7) is 6.38. The second-order valence-electron chi connectivity index (χ2n) is 5.57. The Balaban J connectivity index is 2.49. The quantitative estimate of drug-likeness (QED) is 0.547. The third kappa shape index (κ3) is 4.45. The summed E-state index contributed by atoms with van der Waals surface area (Å²) in [5, 5.41) is 0. The Morgan fingerprint density at radius 3 is 1.74 bits per heavy atom. The molecule has 0 unspecified atom stereocenters. The average Bonchev–Trinajstić information content (AvgIpc) is 2.62. The SMILES string of the molecule is C=CCn1c(=O)n(CC=C)c(=O)n(CCS(=O)(=O)c2ccc(Br)cc2)c1=O. The van der Waals surface area contributed by atoms with Crippen LogP contribution < -0.4 is 17.1 Å². The van der Waals surface area contributed by atoms with Crippen LogP contribution in [0.15, 0.2) is 73.3 Å². The zero-order valence-electron chi connectivity index (χ0n) is 14.4. The Morgan fingerprint density at radius 1 is 0.852 bits per heavy atom. The van der Waals surface area contributed by atoms with E-state index in [1.807, 2.05) is 0 Å². The van der Waals surface area contributed by atoms with E-state index in [1.165, 1.54) is 24.3 Å². The van der Waals surface area contributed by atoms with Crippen molar-refractivity contribution >= 4 is 25.8 Å². The second kappa shape index (κ2) is 8.49. The predicted molar refractivity (Wildman–Crippen MR) is 106 cm³/mol. The highest BCUT2D eigenvalue weighted by Crippen LogP contribution is 2.15. The normalized spacial score (nSPS) is 11.3. The molecule has 0 spiro atoms. The molecule has 0 saturated heterocycles. The first-order chi connectivity index (χ1) is 12.7. The summed E-state index contributed by atoms with van der Waals surface area (Å²) in [7, 11) is -3.73. The van der Waals surface area contributed by atoms with Gasteiger partial charge in [0.1, 0.15) is 0 Å². The molecule has 0 aliphatic carbocycles. The largest absolute Gasteiger partial charge is 0.336 e. The molecule has 0 N–H and O–H groups in total. The van der Waals surface area contributed by atoms with Gasteiger partial charge in [0, 0.05) is 11.0 Å². The van der Waals surface area contributed by atoms with Crippen molar-refractivity contribution in [3.8, 4) is 0 Å². The summed E-state index contributed by atoms with van der Waals surface area (Å²) in [5.74, 6) is -0.468. The number of allylic oxidation sites excluding steroid dienone is 2. The summed E-state index contributed by atoms with van der Waals surface area (Å²) >= 11 is 3.23. The van der Waals surface area contributed by atoms with E-state index < -0.39 is 32.7 Å². The van der Waals surface area contributed by atoms with Gasteiger partial charge in [0.2, 0.25) is 0 Å². The zero-order valence-corrected chi connectivity index (χ0v) is 16.8. The van der Waals surface area contributed by atoms with E-state index in [1.54, 1.807) is 12.1 Å². The Hall–Kier alpha value is -2.46. The molecule has 1 aromatic carbocycles. The molecular weight excluding hydrogens is 438 g/mol. The molecule has 0 aliphatic heterocycles. The molecule has 0 bridgehead atoms. The van der Waals surface area contributed by atoms with Crippen molar-refractivity contribution in [1.29, 1.82) is 0 Å². The number of aromatic nitrogens is 3. The maximum absolute atomic E-state index is 12.5. The van der Waals surface area contributed by atoms with Gasteiger partial charge in [-0.2, -0.15) is 0 Å². The second-order valence-corrected chi connectivity index (χ2v) is 8.60. The summed E-state index contributed by atoms with van der Waals surface area (Å²) in [4.78, 5) is 37.4. The fourth-order valence-corrected chi connectivity index (χ4v) is 3.89. The molecule has 0 amide bonds. The van der Waals surface area contributed by atoms with Crippen LogP contribution in [0.1, 0.15) is 0 Å². The van der Waals surface area contributed by atoms with Gasteiger partial charge in [0.05, 0.1) is 23.7 Å². The molecule has 0 aliphatic rings. The monoisotopic (exact) mass is 455 g/mol. The summed E-state index contributed by atoms with van der Waals surface area (Å²) in [6.07, 6.45) is 2.68. The van der Waals surface area contributed by atoms with E-state index >= 15 is 0 Å². The van der Waals surface area contributed by atoms with Gasteiger partial charge in [-0.3, -0.25) is 0 Å². The molecule has 0 atom stereocenters. The molecule has 10 heteroatoms. The lowest BCUT2D eigenvalue weighted by molar-refractivity contribution is 0.488. The van der Waals surface area contributed by atoms with E-state index in [4.69, 9.17) is 0 Å².